The Morgan fingerprint density at radius 1 is 0.750 bits per heavy atom. The van der Waals surface area contributed by atoms with Crippen LogP contribution in [0.4, 0.5) is 11.4 Å². The third-order valence-corrected chi connectivity index (χ3v) is 3.00. The van der Waals surface area contributed by atoms with Crippen LogP contribution >= 0.6 is 0 Å². The highest BCUT2D eigenvalue weighted by Crippen LogP contribution is 2.39. The second-order valence-corrected chi connectivity index (χ2v) is 4.14. The molecule has 2 aromatic carbocycles. The number of anilines is 2. The summed E-state index contributed by atoms with van der Waals surface area (Å²) < 4.78 is 0. The van der Waals surface area contributed by atoms with E-state index < -0.39 is 0 Å². The predicted molar refractivity (Wildman–Crippen MR) is 79.9 cm³/mol. The van der Waals surface area contributed by atoms with Gasteiger partial charge in [0.25, 0.3) is 0 Å². The van der Waals surface area contributed by atoms with Crippen LogP contribution in [0.15, 0.2) is 24.3 Å². The van der Waals surface area contributed by atoms with E-state index in [1.54, 1.807) is 12.1 Å². The number of nitrogen functional groups attached to an aromatic ring is 2. The molecule has 0 aliphatic rings. The number of nitrogens with two attached hydrogens (primary N) is 2. The van der Waals surface area contributed by atoms with Crippen molar-refractivity contribution in [3.8, 4) is 47.3 Å². The number of rotatable bonds is 1. The van der Waals surface area contributed by atoms with Crippen LogP contribution in [0.2, 0.25) is 0 Å². The fourth-order valence-corrected chi connectivity index (χ4v) is 1.96. The molecular formula is C16H12N2O2. The van der Waals surface area contributed by atoms with Gasteiger partial charge in [-0.25, -0.2) is 0 Å². The monoisotopic (exact) mass is 264 g/mol. The molecule has 0 spiro atoms. The highest BCUT2D eigenvalue weighted by Gasteiger charge is 2.16. The Hall–Kier alpha value is -3.24. The van der Waals surface area contributed by atoms with Crippen LogP contribution in [-0.2, 0) is 0 Å². The summed E-state index contributed by atoms with van der Waals surface area (Å²) in [5, 5.41) is 19.8. The fraction of sp³-hybridized carbons (Fsp3) is 0. The summed E-state index contributed by atoms with van der Waals surface area (Å²) in [7, 11) is 0. The maximum atomic E-state index is 9.92. The van der Waals surface area contributed by atoms with Crippen molar-refractivity contribution in [2.45, 2.75) is 0 Å². The number of benzene rings is 2. The van der Waals surface area contributed by atoms with Gasteiger partial charge in [0.05, 0.1) is 22.5 Å². The average molecular weight is 264 g/mol. The second kappa shape index (κ2) is 4.79. The molecule has 4 heteroatoms. The number of hydrogen-bond acceptors (Lipinski definition) is 4. The summed E-state index contributed by atoms with van der Waals surface area (Å²) in [6.07, 6.45) is 10.8. The van der Waals surface area contributed by atoms with Crippen molar-refractivity contribution in [1.82, 2.24) is 0 Å². The molecule has 0 bridgehead atoms. The quantitative estimate of drug-likeness (QED) is 0.359. The Kier molecular flexibility index (Phi) is 3.16. The molecule has 0 heterocycles. The minimum atomic E-state index is -0.190. The van der Waals surface area contributed by atoms with E-state index in [0.29, 0.717) is 11.1 Å². The Morgan fingerprint density at radius 2 is 1.10 bits per heavy atom. The van der Waals surface area contributed by atoms with Gasteiger partial charge in [0.1, 0.15) is 0 Å². The second-order valence-electron chi connectivity index (χ2n) is 4.14. The van der Waals surface area contributed by atoms with Crippen LogP contribution in [0.3, 0.4) is 0 Å². The topological polar surface area (TPSA) is 92.5 Å². The number of terminal acetylenes is 2. The van der Waals surface area contributed by atoms with Gasteiger partial charge < -0.3 is 21.7 Å². The molecule has 0 fully saturated rings. The molecule has 0 aliphatic carbocycles. The van der Waals surface area contributed by atoms with E-state index in [2.05, 4.69) is 11.8 Å². The zero-order chi connectivity index (χ0) is 14.9. The third kappa shape index (κ3) is 1.86. The van der Waals surface area contributed by atoms with Crippen molar-refractivity contribution in [2.75, 3.05) is 11.5 Å². The summed E-state index contributed by atoms with van der Waals surface area (Å²) in [5.41, 5.74) is 13.0. The van der Waals surface area contributed by atoms with E-state index in [0.717, 1.165) is 0 Å². The van der Waals surface area contributed by atoms with Gasteiger partial charge in [-0.1, -0.05) is 24.0 Å². The summed E-state index contributed by atoms with van der Waals surface area (Å²) >= 11 is 0. The Balaban J connectivity index is 2.84. The Morgan fingerprint density at radius 3 is 1.40 bits per heavy atom. The summed E-state index contributed by atoms with van der Waals surface area (Å²) in [6.45, 7) is 0. The molecule has 0 aliphatic heterocycles. The summed E-state index contributed by atoms with van der Waals surface area (Å²) in [5.74, 6) is 4.37. The molecule has 2 aromatic rings. The van der Waals surface area contributed by atoms with Crippen LogP contribution in [0, 0.1) is 24.7 Å². The molecule has 0 amide bonds. The number of phenols is 2. The van der Waals surface area contributed by atoms with Crippen molar-refractivity contribution >= 4 is 11.4 Å². The van der Waals surface area contributed by atoms with Crippen molar-refractivity contribution in [3.05, 3.63) is 35.4 Å². The van der Waals surface area contributed by atoms with E-state index in [1.165, 1.54) is 12.1 Å². The van der Waals surface area contributed by atoms with E-state index in [4.69, 9.17) is 24.3 Å². The van der Waals surface area contributed by atoms with Crippen LogP contribution < -0.4 is 11.5 Å². The molecule has 0 saturated carbocycles. The number of hydrogen-bond donors (Lipinski definition) is 4. The number of aromatic hydroxyl groups is 2. The van der Waals surface area contributed by atoms with Crippen LogP contribution in [0.5, 0.6) is 11.5 Å². The van der Waals surface area contributed by atoms with Gasteiger partial charge in [0.15, 0.2) is 11.5 Å². The van der Waals surface area contributed by atoms with Gasteiger partial charge in [-0.05, 0) is 12.1 Å². The lowest BCUT2D eigenvalue weighted by atomic mass is 9.93. The lowest BCUT2D eigenvalue weighted by Gasteiger charge is -2.13. The van der Waals surface area contributed by atoms with Gasteiger partial charge >= 0.3 is 0 Å². The molecule has 98 valence electrons. The maximum Gasteiger partial charge on any atom is 0.154 e. The minimum Gasteiger partial charge on any atom is -0.505 e. The first-order valence-corrected chi connectivity index (χ1v) is 5.67. The molecule has 6 N–H and O–H groups in total. The Bertz CT molecular complexity index is 713. The normalized spacial score (nSPS) is 9.70. The van der Waals surface area contributed by atoms with Crippen molar-refractivity contribution in [3.63, 3.8) is 0 Å². The molecule has 0 radical (unpaired) electrons. The van der Waals surface area contributed by atoms with Gasteiger partial charge in [-0.15, -0.1) is 12.8 Å². The minimum absolute atomic E-state index is 0.170. The fourth-order valence-electron chi connectivity index (χ4n) is 1.96. The van der Waals surface area contributed by atoms with E-state index >= 15 is 0 Å². The molecule has 20 heavy (non-hydrogen) atoms. The summed E-state index contributed by atoms with van der Waals surface area (Å²) in [6, 6.07) is 6.30. The molecular weight excluding hydrogens is 252 g/mol. The molecule has 0 aromatic heterocycles. The molecule has 0 saturated heterocycles. The molecule has 4 nitrogen and oxygen atoms in total. The summed E-state index contributed by atoms with van der Waals surface area (Å²) in [4.78, 5) is 0. The first kappa shape index (κ1) is 13.2. The highest BCUT2D eigenvalue weighted by molar-refractivity contribution is 5.85. The van der Waals surface area contributed by atoms with Crippen molar-refractivity contribution < 1.29 is 10.2 Å². The molecule has 0 atom stereocenters. The largest absolute Gasteiger partial charge is 0.505 e. The lowest BCUT2D eigenvalue weighted by molar-refractivity contribution is 0.475. The standard InChI is InChI=1S/C16H12N2O2/c1-3-9-11(5-7-13(17)15(9)19)12-6-8-14(18)16(20)10(12)4-2/h1-2,5-8,19-20H,17-18H2. The highest BCUT2D eigenvalue weighted by atomic mass is 16.3. The van der Waals surface area contributed by atoms with Crippen LogP contribution in [0.25, 0.3) is 11.1 Å². The first-order chi connectivity index (χ1) is 9.51. The van der Waals surface area contributed by atoms with Gasteiger partial charge in [-0.2, -0.15) is 0 Å². The predicted octanol–water partition coefficient (Wildman–Crippen LogP) is 1.89. The Labute approximate surface area is 116 Å². The van der Waals surface area contributed by atoms with Gasteiger partial charge in [0, 0.05) is 11.1 Å². The lowest BCUT2D eigenvalue weighted by Crippen LogP contribution is -1.95. The third-order valence-electron chi connectivity index (χ3n) is 3.00. The number of phenolic OH excluding ortho intramolecular Hbond substituents is 2. The zero-order valence-corrected chi connectivity index (χ0v) is 10.5. The maximum absolute atomic E-state index is 9.92. The SMILES string of the molecule is C#Cc1c(-c2ccc(N)c(O)c2C#C)ccc(N)c1O. The van der Waals surface area contributed by atoms with Crippen molar-refractivity contribution in [2.24, 2.45) is 0 Å². The molecule has 2 rings (SSSR count). The van der Waals surface area contributed by atoms with Gasteiger partial charge in [-0.3, -0.25) is 0 Å². The van der Waals surface area contributed by atoms with E-state index in [9.17, 15) is 10.2 Å². The van der Waals surface area contributed by atoms with E-state index in [-0.39, 0.29) is 34.0 Å². The van der Waals surface area contributed by atoms with Crippen LogP contribution in [0.1, 0.15) is 11.1 Å². The van der Waals surface area contributed by atoms with Crippen molar-refractivity contribution in [1.29, 1.82) is 0 Å². The zero-order valence-electron chi connectivity index (χ0n) is 10.5. The van der Waals surface area contributed by atoms with E-state index in [1.807, 2.05) is 0 Å². The first-order valence-electron chi connectivity index (χ1n) is 5.67. The van der Waals surface area contributed by atoms with Crippen LogP contribution in [-0.4, -0.2) is 10.2 Å². The van der Waals surface area contributed by atoms with Gasteiger partial charge in [0.2, 0.25) is 0 Å². The molecule has 0 unspecified atom stereocenters. The average Bonchev–Trinajstić information content (AvgIpc) is 2.44. The smallest absolute Gasteiger partial charge is 0.154 e.